The van der Waals surface area contributed by atoms with Gasteiger partial charge < -0.3 is 9.73 Å². The summed E-state index contributed by atoms with van der Waals surface area (Å²) in [5.41, 5.74) is 2.71. The van der Waals surface area contributed by atoms with Crippen LogP contribution in [-0.4, -0.2) is 5.75 Å². The number of hydrogen-bond donors (Lipinski definition) is 1. The van der Waals surface area contributed by atoms with Gasteiger partial charge in [-0.25, -0.2) is 0 Å². The van der Waals surface area contributed by atoms with Crippen LogP contribution < -0.4 is 5.32 Å². The molecule has 3 heteroatoms. The lowest BCUT2D eigenvalue weighted by atomic mass is 10.0. The average molecular weight is 287 g/mol. The third kappa shape index (κ3) is 2.65. The van der Waals surface area contributed by atoms with Crippen molar-refractivity contribution in [2.24, 2.45) is 0 Å². The summed E-state index contributed by atoms with van der Waals surface area (Å²) in [7, 11) is 0. The van der Waals surface area contributed by atoms with Crippen molar-refractivity contribution in [3.05, 3.63) is 53.0 Å². The lowest BCUT2D eigenvalue weighted by Crippen LogP contribution is -2.27. The summed E-state index contributed by atoms with van der Waals surface area (Å²) in [5.74, 6) is 3.21. The largest absolute Gasteiger partial charge is 0.466 e. The highest BCUT2D eigenvalue weighted by Crippen LogP contribution is 2.37. The van der Waals surface area contributed by atoms with Gasteiger partial charge in [-0.05, 0) is 50.6 Å². The zero-order chi connectivity index (χ0) is 14.1. The Morgan fingerprint density at radius 3 is 2.85 bits per heavy atom. The van der Waals surface area contributed by atoms with Crippen LogP contribution in [0.4, 0.5) is 0 Å². The lowest BCUT2D eigenvalue weighted by Gasteiger charge is -2.28. The van der Waals surface area contributed by atoms with Crippen molar-refractivity contribution in [2.75, 3.05) is 5.75 Å². The summed E-state index contributed by atoms with van der Waals surface area (Å²) in [6.45, 7) is 6.28. The summed E-state index contributed by atoms with van der Waals surface area (Å²) in [5, 5.41) is 3.77. The maximum Gasteiger partial charge on any atom is 0.105 e. The molecule has 0 fully saturated rings. The van der Waals surface area contributed by atoms with Gasteiger partial charge >= 0.3 is 0 Å². The molecule has 106 valence electrons. The van der Waals surface area contributed by atoms with E-state index in [2.05, 4.69) is 42.6 Å². The first-order chi connectivity index (χ1) is 9.65. The van der Waals surface area contributed by atoms with E-state index in [4.69, 9.17) is 4.42 Å². The van der Waals surface area contributed by atoms with Crippen molar-refractivity contribution in [3.8, 4) is 0 Å². The van der Waals surface area contributed by atoms with Gasteiger partial charge in [-0.3, -0.25) is 0 Å². The average Bonchev–Trinajstić information content (AvgIpc) is 2.78. The first-order valence-corrected chi connectivity index (χ1v) is 8.18. The van der Waals surface area contributed by atoms with E-state index in [-0.39, 0.29) is 0 Å². The molecule has 2 atom stereocenters. The predicted molar refractivity (Wildman–Crippen MR) is 84.3 cm³/mol. The van der Waals surface area contributed by atoms with Crippen molar-refractivity contribution in [1.29, 1.82) is 0 Å². The third-order valence-electron chi connectivity index (χ3n) is 3.96. The van der Waals surface area contributed by atoms with Crippen molar-refractivity contribution < 1.29 is 4.42 Å². The van der Waals surface area contributed by atoms with E-state index in [0.29, 0.717) is 12.1 Å². The Morgan fingerprint density at radius 1 is 1.30 bits per heavy atom. The fourth-order valence-electron chi connectivity index (χ4n) is 2.99. The first-order valence-electron chi connectivity index (χ1n) is 7.20. The van der Waals surface area contributed by atoms with Crippen LogP contribution in [0.1, 0.15) is 48.1 Å². The Morgan fingerprint density at radius 2 is 2.10 bits per heavy atom. The molecule has 0 saturated carbocycles. The molecule has 1 N–H and O–H groups in total. The van der Waals surface area contributed by atoms with Crippen molar-refractivity contribution >= 4 is 11.8 Å². The highest BCUT2D eigenvalue weighted by atomic mass is 32.2. The van der Waals surface area contributed by atoms with Crippen LogP contribution in [0.5, 0.6) is 0 Å². The molecule has 1 aliphatic rings. The van der Waals surface area contributed by atoms with E-state index >= 15 is 0 Å². The highest BCUT2D eigenvalue weighted by molar-refractivity contribution is 7.99. The van der Waals surface area contributed by atoms with Crippen LogP contribution in [-0.2, 0) is 0 Å². The number of rotatable bonds is 3. The molecule has 2 aromatic rings. The van der Waals surface area contributed by atoms with Gasteiger partial charge in [0.2, 0.25) is 0 Å². The first kappa shape index (κ1) is 13.8. The van der Waals surface area contributed by atoms with Gasteiger partial charge in [0.15, 0.2) is 0 Å². The van der Waals surface area contributed by atoms with E-state index in [1.54, 1.807) is 0 Å². The fraction of sp³-hybridized carbons (Fsp3) is 0.412. The van der Waals surface area contributed by atoms with Crippen LogP contribution in [0.2, 0.25) is 0 Å². The van der Waals surface area contributed by atoms with Crippen LogP contribution in [0.3, 0.4) is 0 Å². The Kier molecular flexibility index (Phi) is 3.90. The minimum absolute atomic E-state index is 0.314. The second-order valence-electron chi connectivity index (χ2n) is 5.48. The predicted octanol–water partition coefficient (Wildman–Crippen LogP) is 4.78. The molecule has 0 bridgehead atoms. The number of fused-ring (bicyclic) bond motifs is 1. The molecule has 0 amide bonds. The van der Waals surface area contributed by atoms with E-state index in [0.717, 1.165) is 11.5 Å². The Hall–Kier alpha value is -1.19. The van der Waals surface area contributed by atoms with Crippen LogP contribution in [0, 0.1) is 13.8 Å². The minimum Gasteiger partial charge on any atom is -0.466 e. The molecule has 1 aromatic heterocycles. The Bertz CT molecular complexity index is 605. The van der Waals surface area contributed by atoms with Gasteiger partial charge in [-0.2, -0.15) is 0 Å². The quantitative estimate of drug-likeness (QED) is 0.879. The van der Waals surface area contributed by atoms with Crippen LogP contribution in [0.15, 0.2) is 39.6 Å². The maximum atomic E-state index is 5.65. The Balaban J connectivity index is 1.80. The smallest absolute Gasteiger partial charge is 0.105 e. The molecule has 3 rings (SSSR count). The summed E-state index contributed by atoms with van der Waals surface area (Å²) in [4.78, 5) is 1.42. The number of hydrogen-bond acceptors (Lipinski definition) is 3. The van der Waals surface area contributed by atoms with E-state index < -0.39 is 0 Å². The molecule has 0 spiro atoms. The monoisotopic (exact) mass is 287 g/mol. The second-order valence-corrected chi connectivity index (χ2v) is 6.62. The number of thioether (sulfide) groups is 1. The lowest BCUT2D eigenvalue weighted by molar-refractivity contribution is 0.439. The van der Waals surface area contributed by atoms with E-state index in [1.165, 1.54) is 28.2 Å². The van der Waals surface area contributed by atoms with Gasteiger partial charge in [0.05, 0.1) is 0 Å². The molecule has 20 heavy (non-hydrogen) atoms. The minimum atomic E-state index is 0.314. The Labute approximate surface area is 125 Å². The normalized spacial score (nSPS) is 19.6. The molecule has 2 nitrogen and oxygen atoms in total. The van der Waals surface area contributed by atoms with Crippen LogP contribution >= 0.6 is 11.8 Å². The van der Waals surface area contributed by atoms with Gasteiger partial charge in [-0.15, -0.1) is 11.8 Å². The highest BCUT2D eigenvalue weighted by Gasteiger charge is 2.23. The summed E-state index contributed by atoms with van der Waals surface area (Å²) < 4.78 is 5.65. The van der Waals surface area contributed by atoms with Gasteiger partial charge in [0.25, 0.3) is 0 Å². The van der Waals surface area contributed by atoms with Crippen molar-refractivity contribution in [3.63, 3.8) is 0 Å². The maximum absolute atomic E-state index is 5.65. The van der Waals surface area contributed by atoms with E-state index in [9.17, 15) is 0 Å². The molecule has 1 aliphatic heterocycles. The number of furan rings is 1. The van der Waals surface area contributed by atoms with Gasteiger partial charge in [-0.1, -0.05) is 18.2 Å². The number of aryl methyl sites for hydroxylation is 2. The molecule has 2 heterocycles. The molecule has 2 unspecified atom stereocenters. The molecule has 0 saturated heterocycles. The standard InChI is InChI=1S/C17H21NOS/c1-11-10-15(13(3)19-11)12(2)18-16-8-9-20-17-7-5-4-6-14(16)17/h4-7,10,12,16,18H,8-9H2,1-3H3. The summed E-state index contributed by atoms with van der Waals surface area (Å²) in [6.07, 6.45) is 1.18. The summed E-state index contributed by atoms with van der Waals surface area (Å²) in [6, 6.07) is 11.6. The number of nitrogens with one attached hydrogen (secondary N) is 1. The topological polar surface area (TPSA) is 25.2 Å². The third-order valence-corrected chi connectivity index (χ3v) is 5.08. The fourth-order valence-corrected chi connectivity index (χ4v) is 4.11. The zero-order valence-electron chi connectivity index (χ0n) is 12.3. The van der Waals surface area contributed by atoms with Gasteiger partial charge in [0.1, 0.15) is 11.5 Å². The molecular weight excluding hydrogens is 266 g/mol. The molecule has 0 radical (unpaired) electrons. The van der Waals surface area contributed by atoms with E-state index in [1.807, 2.05) is 25.6 Å². The van der Waals surface area contributed by atoms with Crippen LogP contribution in [0.25, 0.3) is 0 Å². The summed E-state index contributed by atoms with van der Waals surface area (Å²) >= 11 is 1.96. The number of benzene rings is 1. The molecule has 0 aliphatic carbocycles. The van der Waals surface area contributed by atoms with Crippen molar-refractivity contribution in [1.82, 2.24) is 5.32 Å². The van der Waals surface area contributed by atoms with Crippen molar-refractivity contribution in [2.45, 2.75) is 44.2 Å². The second kappa shape index (κ2) is 5.66. The molecule has 1 aromatic carbocycles. The SMILES string of the molecule is Cc1cc(C(C)NC2CCSc3ccccc32)c(C)o1. The zero-order valence-corrected chi connectivity index (χ0v) is 13.1. The molecular formula is C17H21NOS. The van der Waals surface area contributed by atoms with Gasteiger partial charge in [0, 0.05) is 22.5 Å².